The van der Waals surface area contributed by atoms with Crippen LogP contribution in [0.2, 0.25) is 0 Å². The lowest BCUT2D eigenvalue weighted by molar-refractivity contribution is 0.102. The molecule has 0 saturated carbocycles. The van der Waals surface area contributed by atoms with Crippen molar-refractivity contribution in [3.8, 4) is 5.75 Å². The van der Waals surface area contributed by atoms with Gasteiger partial charge in [-0.25, -0.2) is 9.37 Å². The second kappa shape index (κ2) is 7.46. The van der Waals surface area contributed by atoms with E-state index in [0.717, 1.165) is 5.69 Å². The topological polar surface area (TPSA) is 51.2 Å². The molecule has 2 aromatic heterocycles. The minimum Gasteiger partial charge on any atom is -0.489 e. The van der Waals surface area contributed by atoms with Crippen LogP contribution in [0.4, 0.5) is 9.52 Å². The normalized spacial score (nSPS) is 10.9. The summed E-state index contributed by atoms with van der Waals surface area (Å²) in [5, 5.41) is 5.61. The molecule has 1 amide bonds. The predicted molar refractivity (Wildman–Crippen MR) is 107 cm³/mol. The van der Waals surface area contributed by atoms with Crippen LogP contribution in [0.15, 0.2) is 53.9 Å². The van der Waals surface area contributed by atoms with Crippen LogP contribution in [0.5, 0.6) is 5.75 Å². The molecule has 0 spiro atoms. The van der Waals surface area contributed by atoms with E-state index in [4.69, 9.17) is 4.74 Å². The van der Waals surface area contributed by atoms with Crippen molar-refractivity contribution in [3.05, 3.63) is 75.9 Å². The third kappa shape index (κ3) is 3.70. The Balaban J connectivity index is 1.70. The largest absolute Gasteiger partial charge is 0.489 e. The number of carbonyl (C=O) groups is 1. The molecule has 27 heavy (non-hydrogen) atoms. The summed E-state index contributed by atoms with van der Waals surface area (Å²) < 4.78 is 21.0. The maximum atomic E-state index is 14.5. The average Bonchev–Trinajstić information content (AvgIpc) is 3.25. The summed E-state index contributed by atoms with van der Waals surface area (Å²) in [6.45, 7) is 1.96. The smallest absolute Gasteiger partial charge is 0.267 e. The molecule has 0 radical (unpaired) electrons. The first-order chi connectivity index (χ1) is 13.1. The molecule has 0 saturated heterocycles. The number of ether oxygens (including phenoxy) is 1. The molecule has 0 fully saturated rings. The summed E-state index contributed by atoms with van der Waals surface area (Å²) in [5.74, 6) is -0.00809. The molecule has 0 aliphatic heterocycles. The summed E-state index contributed by atoms with van der Waals surface area (Å²) in [5.41, 5.74) is 1.38. The Labute approximate surface area is 163 Å². The van der Waals surface area contributed by atoms with Gasteiger partial charge in [-0.2, -0.15) is 0 Å². The number of para-hydroxylation sites is 1. The Morgan fingerprint density at radius 1 is 1.19 bits per heavy atom. The standard InChI is InChI=1S/C20H15FN2O2S2/c1-12-11-26-20(22-12)23-19(24)18-14(10-25-13-6-3-2-4-7-13)17-15(21)8-5-9-16(17)27-18/h2-9,11H,10H2,1H3,(H,22,23,24). The van der Waals surface area contributed by atoms with Gasteiger partial charge in [0.25, 0.3) is 5.91 Å². The van der Waals surface area contributed by atoms with Gasteiger partial charge in [0.05, 0.1) is 5.69 Å². The number of aromatic nitrogens is 1. The first-order valence-electron chi connectivity index (χ1n) is 8.23. The van der Waals surface area contributed by atoms with Gasteiger partial charge in [0, 0.05) is 21.0 Å². The predicted octanol–water partition coefficient (Wildman–Crippen LogP) is 5.64. The van der Waals surface area contributed by atoms with Gasteiger partial charge in [-0.3, -0.25) is 10.1 Å². The monoisotopic (exact) mass is 398 g/mol. The van der Waals surface area contributed by atoms with Gasteiger partial charge in [-0.1, -0.05) is 24.3 Å². The van der Waals surface area contributed by atoms with Crippen LogP contribution in [-0.4, -0.2) is 10.9 Å². The van der Waals surface area contributed by atoms with Gasteiger partial charge < -0.3 is 4.74 Å². The summed E-state index contributed by atoms with van der Waals surface area (Å²) in [4.78, 5) is 17.5. The Bertz CT molecular complexity index is 1110. The van der Waals surface area contributed by atoms with Gasteiger partial charge in [0.2, 0.25) is 0 Å². The molecule has 136 valence electrons. The van der Waals surface area contributed by atoms with Crippen LogP contribution < -0.4 is 10.1 Å². The molecule has 7 heteroatoms. The molecule has 4 aromatic rings. The summed E-state index contributed by atoms with van der Waals surface area (Å²) >= 11 is 2.61. The fraction of sp³-hybridized carbons (Fsp3) is 0.100. The number of carbonyl (C=O) groups excluding carboxylic acids is 1. The zero-order chi connectivity index (χ0) is 18.8. The molecule has 2 heterocycles. The van der Waals surface area contributed by atoms with Crippen LogP contribution >= 0.6 is 22.7 Å². The molecular formula is C20H15FN2O2S2. The van der Waals surface area contributed by atoms with Crippen molar-refractivity contribution >= 4 is 43.8 Å². The number of thiazole rings is 1. The second-order valence-corrected chi connectivity index (χ2v) is 7.78. The molecule has 0 atom stereocenters. The Morgan fingerprint density at radius 2 is 2.00 bits per heavy atom. The number of hydrogen-bond acceptors (Lipinski definition) is 5. The maximum Gasteiger partial charge on any atom is 0.267 e. The lowest BCUT2D eigenvalue weighted by atomic mass is 10.1. The quantitative estimate of drug-likeness (QED) is 0.473. The van der Waals surface area contributed by atoms with E-state index in [1.165, 1.54) is 28.7 Å². The fourth-order valence-corrected chi connectivity index (χ4v) is 4.53. The first-order valence-corrected chi connectivity index (χ1v) is 9.92. The van der Waals surface area contributed by atoms with Gasteiger partial charge >= 0.3 is 0 Å². The van der Waals surface area contributed by atoms with Crippen molar-refractivity contribution in [1.29, 1.82) is 0 Å². The van der Waals surface area contributed by atoms with Crippen LogP contribution in [-0.2, 0) is 6.61 Å². The number of thiophene rings is 1. The Morgan fingerprint density at radius 3 is 2.74 bits per heavy atom. The van der Waals surface area contributed by atoms with Crippen molar-refractivity contribution < 1.29 is 13.9 Å². The van der Waals surface area contributed by atoms with E-state index in [-0.39, 0.29) is 18.3 Å². The van der Waals surface area contributed by atoms with Crippen LogP contribution in [0, 0.1) is 12.7 Å². The Kier molecular flexibility index (Phi) is 4.87. The number of anilines is 1. The number of amides is 1. The third-order valence-corrected chi connectivity index (χ3v) is 6.01. The molecule has 1 N–H and O–H groups in total. The number of nitrogens with one attached hydrogen (secondary N) is 1. The van der Waals surface area contributed by atoms with E-state index in [2.05, 4.69) is 10.3 Å². The van der Waals surface area contributed by atoms with Gasteiger partial charge in [-0.15, -0.1) is 22.7 Å². The van der Waals surface area contributed by atoms with Crippen LogP contribution in [0.25, 0.3) is 10.1 Å². The van der Waals surface area contributed by atoms with Crippen molar-refractivity contribution in [2.75, 3.05) is 5.32 Å². The van der Waals surface area contributed by atoms with Crippen LogP contribution in [0.3, 0.4) is 0 Å². The average molecular weight is 398 g/mol. The maximum absolute atomic E-state index is 14.5. The fourth-order valence-electron chi connectivity index (χ4n) is 2.73. The molecule has 4 rings (SSSR count). The highest BCUT2D eigenvalue weighted by Crippen LogP contribution is 2.34. The zero-order valence-electron chi connectivity index (χ0n) is 14.4. The third-order valence-electron chi connectivity index (χ3n) is 3.94. The van der Waals surface area contributed by atoms with Crippen molar-refractivity contribution in [2.24, 2.45) is 0 Å². The van der Waals surface area contributed by atoms with Gasteiger partial charge in [0.15, 0.2) is 5.13 Å². The van der Waals surface area contributed by atoms with E-state index in [1.807, 2.05) is 42.6 Å². The highest BCUT2D eigenvalue weighted by Gasteiger charge is 2.22. The molecular weight excluding hydrogens is 383 g/mol. The molecule has 0 aliphatic rings. The number of fused-ring (bicyclic) bond motifs is 1. The summed E-state index contributed by atoms with van der Waals surface area (Å²) in [7, 11) is 0. The lowest BCUT2D eigenvalue weighted by Crippen LogP contribution is -2.13. The van der Waals surface area contributed by atoms with Crippen molar-refractivity contribution in [1.82, 2.24) is 4.98 Å². The molecule has 0 bridgehead atoms. The van der Waals surface area contributed by atoms with E-state index in [1.54, 1.807) is 12.1 Å². The molecule has 0 unspecified atom stereocenters. The minimum absolute atomic E-state index is 0.102. The number of aryl methyl sites for hydroxylation is 1. The number of halogens is 1. The van der Waals surface area contributed by atoms with E-state index >= 15 is 0 Å². The summed E-state index contributed by atoms with van der Waals surface area (Å²) in [6.07, 6.45) is 0. The zero-order valence-corrected chi connectivity index (χ0v) is 16.0. The SMILES string of the molecule is Cc1csc(NC(=O)c2sc3cccc(F)c3c2COc2ccccc2)n1. The van der Waals surface area contributed by atoms with Crippen molar-refractivity contribution in [2.45, 2.75) is 13.5 Å². The Hall–Kier alpha value is -2.77. The van der Waals surface area contributed by atoms with E-state index in [9.17, 15) is 9.18 Å². The van der Waals surface area contributed by atoms with E-state index in [0.29, 0.717) is 31.4 Å². The number of rotatable bonds is 5. The highest BCUT2D eigenvalue weighted by atomic mass is 32.1. The second-order valence-electron chi connectivity index (χ2n) is 5.87. The van der Waals surface area contributed by atoms with Crippen LogP contribution in [0.1, 0.15) is 20.9 Å². The molecule has 2 aromatic carbocycles. The number of benzene rings is 2. The van der Waals surface area contributed by atoms with Gasteiger partial charge in [0.1, 0.15) is 23.1 Å². The highest BCUT2D eigenvalue weighted by molar-refractivity contribution is 7.21. The minimum atomic E-state index is -0.362. The number of hydrogen-bond donors (Lipinski definition) is 1. The van der Waals surface area contributed by atoms with Gasteiger partial charge in [-0.05, 0) is 31.2 Å². The molecule has 4 nitrogen and oxygen atoms in total. The first kappa shape index (κ1) is 17.6. The number of nitrogens with zero attached hydrogens (tertiary/aromatic N) is 1. The van der Waals surface area contributed by atoms with E-state index < -0.39 is 0 Å². The summed E-state index contributed by atoms with van der Waals surface area (Å²) in [6, 6.07) is 14.1. The molecule has 0 aliphatic carbocycles. The lowest BCUT2D eigenvalue weighted by Gasteiger charge is -2.08. The van der Waals surface area contributed by atoms with Crippen molar-refractivity contribution in [3.63, 3.8) is 0 Å².